The molecule has 0 aromatic carbocycles. The van der Waals surface area contributed by atoms with Gasteiger partial charge in [-0.25, -0.2) is 0 Å². The third-order valence-electron chi connectivity index (χ3n) is 3.05. The second-order valence-corrected chi connectivity index (χ2v) is 5.27. The van der Waals surface area contributed by atoms with Gasteiger partial charge in [0.15, 0.2) is 0 Å². The first-order chi connectivity index (χ1) is 9.19. The quantitative estimate of drug-likeness (QED) is 0.318. The Hall–Kier alpha value is -0.500. The summed E-state index contributed by atoms with van der Waals surface area (Å²) in [6.45, 7) is 2.22. The lowest BCUT2D eigenvalue weighted by atomic mass is 9.98. The molecule has 19 heavy (non-hydrogen) atoms. The first-order valence-corrected chi connectivity index (χ1v) is 7.61. The van der Waals surface area contributed by atoms with Crippen molar-refractivity contribution < 1.29 is 19.7 Å². The highest BCUT2D eigenvalue weighted by atomic mass is 32.2. The van der Waals surface area contributed by atoms with Crippen LogP contribution in [-0.2, 0) is 9.47 Å². The normalized spacial score (nSPS) is 34.8. The lowest BCUT2D eigenvalue weighted by molar-refractivity contribution is -0.182. The molecule has 0 aliphatic carbocycles. The van der Waals surface area contributed by atoms with E-state index in [9.17, 15) is 10.2 Å². The van der Waals surface area contributed by atoms with Crippen molar-refractivity contribution in [2.75, 3.05) is 19.5 Å². The number of aliphatic hydroxyl groups excluding tert-OH is 2. The summed E-state index contributed by atoms with van der Waals surface area (Å²) in [5, 5.41) is 23.0. The highest BCUT2D eigenvalue weighted by Gasteiger charge is 2.45. The molecule has 2 N–H and O–H groups in total. The largest absolute Gasteiger partial charge is 0.394 e. The summed E-state index contributed by atoms with van der Waals surface area (Å²) in [5.41, 5.74) is 8.21. The molecule has 1 aliphatic heterocycles. The number of hydrogen-bond donors (Lipinski definition) is 2. The molecule has 0 amide bonds. The molecule has 8 heteroatoms. The zero-order valence-electron chi connectivity index (χ0n) is 11.2. The third-order valence-corrected chi connectivity index (χ3v) is 3.90. The van der Waals surface area contributed by atoms with Crippen molar-refractivity contribution in [2.24, 2.45) is 5.11 Å². The van der Waals surface area contributed by atoms with Crippen molar-refractivity contribution in [3.05, 3.63) is 10.4 Å². The molecule has 7 nitrogen and oxygen atoms in total. The van der Waals surface area contributed by atoms with Crippen molar-refractivity contribution in [3.8, 4) is 0 Å². The molecular weight excluding hydrogens is 270 g/mol. The number of unbranched alkanes of at least 4 members (excludes halogenated alkanes) is 1. The second-order valence-electron chi connectivity index (χ2n) is 4.34. The average Bonchev–Trinajstić information content (AvgIpc) is 2.42. The van der Waals surface area contributed by atoms with Gasteiger partial charge in [0, 0.05) is 11.5 Å². The Bertz CT molecular complexity index is 314. The van der Waals surface area contributed by atoms with E-state index in [2.05, 4.69) is 10.0 Å². The van der Waals surface area contributed by atoms with E-state index in [1.54, 1.807) is 0 Å². The van der Waals surface area contributed by atoms with Crippen LogP contribution in [0.3, 0.4) is 0 Å². The van der Waals surface area contributed by atoms with Crippen molar-refractivity contribution in [1.82, 2.24) is 0 Å². The SMILES string of the molecule is CCCCOC1[C@H](O)C(CO)O[C@@H](SC)[C@H]1N=[N+]=[N-]. The van der Waals surface area contributed by atoms with E-state index in [0.717, 1.165) is 12.8 Å². The minimum Gasteiger partial charge on any atom is -0.394 e. The number of thioether (sulfide) groups is 1. The maximum Gasteiger partial charge on any atom is 0.114 e. The number of azide groups is 1. The van der Waals surface area contributed by atoms with Crippen LogP contribution in [0.15, 0.2) is 5.11 Å². The van der Waals surface area contributed by atoms with E-state index in [1.165, 1.54) is 11.8 Å². The molecule has 0 spiro atoms. The maximum absolute atomic E-state index is 10.1. The predicted molar refractivity (Wildman–Crippen MR) is 72.9 cm³/mol. The standard InChI is InChI=1S/C11H21N3O4S/c1-3-4-5-17-10-8(13-14-12)11(19-2)18-7(6-15)9(10)16/h7-11,15-16H,3-6H2,1-2H3/t7?,8-,9+,10?,11-/m0/s1. The zero-order valence-corrected chi connectivity index (χ0v) is 12.0. The van der Waals surface area contributed by atoms with Gasteiger partial charge in [-0.2, -0.15) is 0 Å². The molecule has 1 rings (SSSR count). The first-order valence-electron chi connectivity index (χ1n) is 6.32. The summed E-state index contributed by atoms with van der Waals surface area (Å²) in [5.74, 6) is 0. The van der Waals surface area contributed by atoms with E-state index < -0.39 is 29.8 Å². The van der Waals surface area contributed by atoms with Gasteiger partial charge in [0.1, 0.15) is 23.7 Å². The van der Waals surface area contributed by atoms with Gasteiger partial charge in [0.25, 0.3) is 0 Å². The number of nitrogens with zero attached hydrogens (tertiary/aromatic N) is 3. The second kappa shape index (κ2) is 8.63. The number of rotatable bonds is 7. The monoisotopic (exact) mass is 291 g/mol. The Kier molecular flexibility index (Phi) is 7.52. The van der Waals surface area contributed by atoms with Gasteiger partial charge >= 0.3 is 0 Å². The Labute approximate surface area is 116 Å². The fourth-order valence-corrected chi connectivity index (χ4v) is 2.73. The topological polar surface area (TPSA) is 108 Å². The fourth-order valence-electron chi connectivity index (χ4n) is 1.99. The van der Waals surface area contributed by atoms with E-state index >= 15 is 0 Å². The molecule has 5 atom stereocenters. The van der Waals surface area contributed by atoms with Crippen molar-refractivity contribution in [2.45, 2.75) is 49.6 Å². The van der Waals surface area contributed by atoms with E-state index in [-0.39, 0.29) is 6.61 Å². The van der Waals surface area contributed by atoms with Gasteiger partial charge in [-0.1, -0.05) is 18.5 Å². The van der Waals surface area contributed by atoms with Crippen molar-refractivity contribution in [1.29, 1.82) is 0 Å². The highest BCUT2D eigenvalue weighted by Crippen LogP contribution is 2.31. The first kappa shape index (κ1) is 16.6. The van der Waals surface area contributed by atoms with Gasteiger partial charge in [0.2, 0.25) is 0 Å². The smallest absolute Gasteiger partial charge is 0.114 e. The van der Waals surface area contributed by atoms with Crippen molar-refractivity contribution in [3.63, 3.8) is 0 Å². The zero-order chi connectivity index (χ0) is 14.3. The van der Waals surface area contributed by atoms with Gasteiger partial charge in [-0.3, -0.25) is 0 Å². The number of hydrogen-bond acceptors (Lipinski definition) is 6. The van der Waals surface area contributed by atoms with Crippen LogP contribution in [-0.4, -0.2) is 59.5 Å². The Balaban J connectivity index is 2.83. The van der Waals surface area contributed by atoms with Gasteiger partial charge < -0.3 is 19.7 Å². The van der Waals surface area contributed by atoms with Crippen LogP contribution in [0.5, 0.6) is 0 Å². The molecule has 1 saturated heterocycles. The summed E-state index contributed by atoms with van der Waals surface area (Å²) in [4.78, 5) is 2.80. The molecule has 0 bridgehead atoms. The summed E-state index contributed by atoms with van der Waals surface area (Å²) in [6, 6.07) is -0.602. The molecular formula is C11H21N3O4S. The van der Waals surface area contributed by atoms with Crippen LogP contribution in [0.2, 0.25) is 0 Å². The highest BCUT2D eigenvalue weighted by molar-refractivity contribution is 7.99. The Morgan fingerprint density at radius 3 is 2.79 bits per heavy atom. The van der Waals surface area contributed by atoms with E-state index in [4.69, 9.17) is 15.0 Å². The molecule has 1 aliphatic rings. The Morgan fingerprint density at radius 1 is 1.53 bits per heavy atom. The maximum atomic E-state index is 10.1. The fraction of sp³-hybridized carbons (Fsp3) is 1.00. The third kappa shape index (κ3) is 4.24. The average molecular weight is 291 g/mol. The number of ether oxygens (including phenoxy) is 2. The molecule has 0 aromatic heterocycles. The van der Waals surface area contributed by atoms with E-state index in [1.807, 2.05) is 13.2 Å². The van der Waals surface area contributed by atoms with Crippen LogP contribution in [0.4, 0.5) is 0 Å². The summed E-state index contributed by atoms with van der Waals surface area (Å²) >= 11 is 1.37. The summed E-state index contributed by atoms with van der Waals surface area (Å²) in [7, 11) is 0. The molecule has 0 radical (unpaired) electrons. The summed E-state index contributed by atoms with van der Waals surface area (Å²) in [6.07, 6.45) is 1.29. The summed E-state index contributed by atoms with van der Waals surface area (Å²) < 4.78 is 11.2. The van der Waals surface area contributed by atoms with Crippen LogP contribution < -0.4 is 0 Å². The minimum atomic E-state index is -0.999. The molecule has 1 heterocycles. The van der Waals surface area contributed by atoms with Gasteiger partial charge in [-0.15, -0.1) is 11.8 Å². The van der Waals surface area contributed by atoms with Gasteiger partial charge in [0.05, 0.1) is 12.7 Å². The van der Waals surface area contributed by atoms with Crippen LogP contribution in [0, 0.1) is 0 Å². The molecule has 110 valence electrons. The lowest BCUT2D eigenvalue weighted by Gasteiger charge is -2.42. The molecule has 0 aromatic rings. The molecule has 2 unspecified atom stereocenters. The molecule has 0 saturated carbocycles. The molecule has 1 fully saturated rings. The van der Waals surface area contributed by atoms with Crippen LogP contribution in [0.1, 0.15) is 19.8 Å². The minimum absolute atomic E-state index is 0.297. The Morgan fingerprint density at radius 2 is 2.26 bits per heavy atom. The van der Waals surface area contributed by atoms with E-state index in [0.29, 0.717) is 6.61 Å². The van der Waals surface area contributed by atoms with Gasteiger partial charge in [-0.05, 0) is 18.2 Å². The van der Waals surface area contributed by atoms with Crippen molar-refractivity contribution >= 4 is 11.8 Å². The van der Waals surface area contributed by atoms with Crippen LogP contribution >= 0.6 is 11.8 Å². The predicted octanol–water partition coefficient (Wildman–Crippen LogP) is 1.29. The van der Waals surface area contributed by atoms with Crippen LogP contribution in [0.25, 0.3) is 10.4 Å². The number of aliphatic hydroxyl groups is 2. The lowest BCUT2D eigenvalue weighted by Crippen LogP contribution is -2.57.